The molecule has 0 saturated heterocycles. The van der Waals surface area contributed by atoms with E-state index in [4.69, 9.17) is 4.55 Å². The maximum atomic E-state index is 11.5. The van der Waals surface area contributed by atoms with Gasteiger partial charge in [0.25, 0.3) is 10.1 Å². The third-order valence-corrected chi connectivity index (χ3v) is 3.73. The van der Waals surface area contributed by atoms with Gasteiger partial charge in [0.2, 0.25) is 0 Å². The summed E-state index contributed by atoms with van der Waals surface area (Å²) >= 11 is 0. The summed E-state index contributed by atoms with van der Waals surface area (Å²) in [5, 5.41) is 3.72. The molecule has 118 valence electrons. The molecule has 0 unspecified atom stereocenters. The summed E-state index contributed by atoms with van der Waals surface area (Å²) in [5.41, 5.74) is 2.40. The van der Waals surface area contributed by atoms with Crippen molar-refractivity contribution in [1.29, 1.82) is 0 Å². The zero-order chi connectivity index (χ0) is 16.9. The van der Waals surface area contributed by atoms with Gasteiger partial charge in [-0.2, -0.15) is 13.5 Å². The Morgan fingerprint density at radius 2 is 1.74 bits per heavy atom. The van der Waals surface area contributed by atoms with Crippen molar-refractivity contribution in [3.63, 3.8) is 0 Å². The van der Waals surface area contributed by atoms with E-state index in [9.17, 15) is 18.0 Å². The molecule has 0 aromatic heterocycles. The van der Waals surface area contributed by atoms with E-state index in [1.54, 1.807) is 12.4 Å². The molecule has 0 fully saturated rings. The van der Waals surface area contributed by atoms with Crippen LogP contribution in [0.25, 0.3) is 0 Å². The van der Waals surface area contributed by atoms with Gasteiger partial charge in [-0.15, -0.1) is 0 Å². The smallest absolute Gasteiger partial charge is 0.289 e. The van der Waals surface area contributed by atoms with E-state index >= 15 is 0 Å². The summed E-state index contributed by atoms with van der Waals surface area (Å²) in [6, 6.07) is 3.72. The first kappa shape index (κ1) is 16.5. The first-order valence-electron chi connectivity index (χ1n) is 6.39. The average Bonchev–Trinajstić information content (AvgIpc) is 2.83. The molecule has 0 saturated carbocycles. The van der Waals surface area contributed by atoms with Crippen LogP contribution in [0.3, 0.4) is 0 Å². The SMILES string of the molecule is C1=CC=NNC=C1.O=C1C=CC(=O)c2c1cccc2S(=O)(=O)O. The molecule has 0 bridgehead atoms. The summed E-state index contributed by atoms with van der Waals surface area (Å²) in [6.07, 6.45) is 11.2. The Morgan fingerprint density at radius 3 is 2.48 bits per heavy atom. The van der Waals surface area contributed by atoms with E-state index in [2.05, 4.69) is 10.5 Å². The number of nitrogens with zero attached hydrogens (tertiary/aromatic N) is 1. The van der Waals surface area contributed by atoms with Gasteiger partial charge >= 0.3 is 0 Å². The number of carbonyl (C=O) groups excluding carboxylic acids is 2. The maximum absolute atomic E-state index is 11.5. The molecule has 1 heterocycles. The van der Waals surface area contributed by atoms with Crippen molar-refractivity contribution >= 4 is 27.9 Å². The van der Waals surface area contributed by atoms with Gasteiger partial charge in [-0.1, -0.05) is 18.2 Å². The Bertz CT molecular complexity index is 850. The van der Waals surface area contributed by atoms with E-state index in [0.29, 0.717) is 0 Å². The van der Waals surface area contributed by atoms with Gasteiger partial charge in [-0.05, 0) is 30.4 Å². The van der Waals surface area contributed by atoms with Gasteiger partial charge in [0, 0.05) is 18.0 Å². The van der Waals surface area contributed by atoms with Crippen LogP contribution in [-0.2, 0) is 10.1 Å². The normalized spacial score (nSPS) is 15.3. The van der Waals surface area contributed by atoms with E-state index in [1.807, 2.05) is 18.2 Å². The Balaban J connectivity index is 0.000000229. The van der Waals surface area contributed by atoms with E-state index in [-0.39, 0.29) is 11.1 Å². The van der Waals surface area contributed by atoms with Crippen LogP contribution in [0.15, 0.2) is 64.8 Å². The quantitative estimate of drug-likeness (QED) is 0.754. The Kier molecular flexibility index (Phi) is 4.99. The summed E-state index contributed by atoms with van der Waals surface area (Å²) < 4.78 is 31.0. The van der Waals surface area contributed by atoms with Crippen LogP contribution in [0.1, 0.15) is 20.7 Å². The topological polar surface area (TPSA) is 113 Å². The number of benzene rings is 1. The second kappa shape index (κ2) is 6.95. The van der Waals surface area contributed by atoms with Gasteiger partial charge < -0.3 is 0 Å². The molecule has 0 spiro atoms. The van der Waals surface area contributed by atoms with Crippen molar-refractivity contribution < 1.29 is 22.6 Å². The van der Waals surface area contributed by atoms with E-state index < -0.39 is 26.6 Å². The molecule has 23 heavy (non-hydrogen) atoms. The van der Waals surface area contributed by atoms with Gasteiger partial charge in [0.1, 0.15) is 4.90 Å². The molecule has 7 nitrogen and oxygen atoms in total. The van der Waals surface area contributed by atoms with Crippen molar-refractivity contribution in [3.05, 3.63) is 65.9 Å². The molecule has 1 aliphatic heterocycles. The first-order chi connectivity index (χ1) is 10.9. The fraction of sp³-hybridized carbons (Fsp3) is 0. The maximum Gasteiger partial charge on any atom is 0.295 e. The van der Waals surface area contributed by atoms with Crippen LogP contribution < -0.4 is 5.43 Å². The molecule has 2 N–H and O–H groups in total. The molecular weight excluding hydrogens is 320 g/mol. The second-order valence-corrected chi connectivity index (χ2v) is 5.76. The third-order valence-electron chi connectivity index (χ3n) is 2.83. The van der Waals surface area contributed by atoms with Crippen LogP contribution >= 0.6 is 0 Å². The summed E-state index contributed by atoms with van der Waals surface area (Å²) in [4.78, 5) is 22.3. The zero-order valence-electron chi connectivity index (χ0n) is 11.7. The molecule has 1 aromatic rings. The Labute approximate surface area is 132 Å². The zero-order valence-corrected chi connectivity index (χ0v) is 12.5. The number of hydrogen-bond donors (Lipinski definition) is 2. The average molecular weight is 332 g/mol. The summed E-state index contributed by atoms with van der Waals surface area (Å²) in [7, 11) is -4.51. The van der Waals surface area contributed by atoms with Crippen molar-refractivity contribution in [2.24, 2.45) is 5.10 Å². The molecule has 0 amide bonds. The minimum Gasteiger partial charge on any atom is -0.289 e. The van der Waals surface area contributed by atoms with Gasteiger partial charge in [0.05, 0.1) is 5.56 Å². The molecule has 3 rings (SSSR count). The van der Waals surface area contributed by atoms with Crippen molar-refractivity contribution in [2.45, 2.75) is 4.90 Å². The Morgan fingerprint density at radius 1 is 1.00 bits per heavy atom. The number of hydrogen-bond acceptors (Lipinski definition) is 6. The van der Waals surface area contributed by atoms with Gasteiger partial charge in [-0.3, -0.25) is 19.6 Å². The van der Waals surface area contributed by atoms with Gasteiger partial charge in [0.15, 0.2) is 11.6 Å². The third kappa shape index (κ3) is 4.09. The highest BCUT2D eigenvalue weighted by Crippen LogP contribution is 2.24. The monoisotopic (exact) mass is 332 g/mol. The molecule has 1 aromatic carbocycles. The fourth-order valence-electron chi connectivity index (χ4n) is 1.87. The number of rotatable bonds is 1. The summed E-state index contributed by atoms with van der Waals surface area (Å²) in [6.45, 7) is 0. The van der Waals surface area contributed by atoms with Crippen LogP contribution in [0, 0.1) is 0 Å². The lowest BCUT2D eigenvalue weighted by Crippen LogP contribution is -2.16. The number of nitrogens with one attached hydrogen (secondary N) is 1. The Hall–Kier alpha value is -2.84. The van der Waals surface area contributed by atoms with E-state index in [0.717, 1.165) is 18.2 Å². The molecule has 0 atom stereocenters. The van der Waals surface area contributed by atoms with Crippen LogP contribution in [0.5, 0.6) is 0 Å². The second-order valence-electron chi connectivity index (χ2n) is 4.37. The minimum atomic E-state index is -4.51. The lowest BCUT2D eigenvalue weighted by Gasteiger charge is -2.11. The largest absolute Gasteiger partial charge is 0.295 e. The highest BCUT2D eigenvalue weighted by molar-refractivity contribution is 7.86. The van der Waals surface area contributed by atoms with Gasteiger partial charge in [-0.25, -0.2) is 0 Å². The number of hydrazone groups is 1. The van der Waals surface area contributed by atoms with Crippen molar-refractivity contribution in [3.8, 4) is 0 Å². The number of carbonyl (C=O) groups is 2. The van der Waals surface area contributed by atoms with Crippen LogP contribution in [-0.4, -0.2) is 30.8 Å². The lowest BCUT2D eigenvalue weighted by molar-refractivity contribution is 0.0991. The summed E-state index contributed by atoms with van der Waals surface area (Å²) in [5.74, 6) is -1.07. The highest BCUT2D eigenvalue weighted by Gasteiger charge is 2.27. The fourth-order valence-corrected chi connectivity index (χ4v) is 2.59. The molecule has 1 aliphatic carbocycles. The molecule has 0 radical (unpaired) electrons. The molecule has 8 heteroatoms. The van der Waals surface area contributed by atoms with E-state index in [1.165, 1.54) is 12.1 Å². The molecular formula is C15H12N2O5S. The first-order valence-corrected chi connectivity index (χ1v) is 7.83. The van der Waals surface area contributed by atoms with Crippen molar-refractivity contribution in [1.82, 2.24) is 5.43 Å². The molecule has 2 aliphatic rings. The number of allylic oxidation sites excluding steroid dienone is 5. The predicted molar refractivity (Wildman–Crippen MR) is 84.0 cm³/mol. The number of fused-ring (bicyclic) bond motifs is 1. The predicted octanol–water partition coefficient (Wildman–Crippen LogP) is 1.51. The lowest BCUT2D eigenvalue weighted by atomic mass is 9.95. The number of ketones is 2. The van der Waals surface area contributed by atoms with Crippen molar-refractivity contribution in [2.75, 3.05) is 0 Å². The van der Waals surface area contributed by atoms with Crippen LogP contribution in [0.4, 0.5) is 0 Å². The van der Waals surface area contributed by atoms with Crippen LogP contribution in [0.2, 0.25) is 0 Å². The minimum absolute atomic E-state index is 0.0115. The highest BCUT2D eigenvalue weighted by atomic mass is 32.2. The standard InChI is InChI=1S/C10H6O5S.C5H6N2/c11-7-4-5-8(12)10-6(7)2-1-3-9(10)16(13,14)15;1-2-4-6-7-5-3-1/h1-5H,(H,13,14,15);1-6H.